The topological polar surface area (TPSA) is 79.2 Å². The lowest BCUT2D eigenvalue weighted by atomic mass is 9.99. The van der Waals surface area contributed by atoms with Gasteiger partial charge in [0.15, 0.2) is 12.4 Å². The maximum atomic E-state index is 12.3. The van der Waals surface area contributed by atoms with Crippen LogP contribution in [0.3, 0.4) is 0 Å². The van der Waals surface area contributed by atoms with E-state index in [-0.39, 0.29) is 29.2 Å². The number of ether oxygens (including phenoxy) is 1. The van der Waals surface area contributed by atoms with Crippen molar-refractivity contribution in [2.75, 3.05) is 11.9 Å². The predicted octanol–water partition coefficient (Wildman–Crippen LogP) is 3.53. The molecule has 120 valence electrons. The molecular weight excluding hydrogens is 328 g/mol. The molecule has 24 heavy (non-hydrogen) atoms. The van der Waals surface area contributed by atoms with Crippen molar-refractivity contribution < 1.29 is 14.3 Å². The molecule has 0 unspecified atom stereocenters. The molecule has 3 rings (SSSR count). The minimum atomic E-state index is -0.276. The molecule has 0 aliphatic carbocycles. The number of benzene rings is 2. The molecule has 6 heteroatoms. The number of nitrogens with one attached hydrogen (secondary N) is 1. The maximum absolute atomic E-state index is 12.3. The molecule has 1 aliphatic rings. The molecule has 0 spiro atoms. The lowest BCUT2D eigenvalue weighted by Gasteiger charge is -2.09. The summed E-state index contributed by atoms with van der Waals surface area (Å²) < 4.78 is 5.45. The molecule has 0 radical (unpaired) electrons. The van der Waals surface area contributed by atoms with Crippen molar-refractivity contribution in [1.29, 1.82) is 5.26 Å². The number of nitriles is 1. The second-order valence-corrected chi connectivity index (χ2v) is 5.89. The minimum absolute atomic E-state index is 0.0739. The Bertz CT molecular complexity index is 886. The number of carbonyl (C=O) groups is 2. The van der Waals surface area contributed by atoms with E-state index < -0.39 is 0 Å². The number of fused-ring (bicyclic) bond motifs is 1. The smallest absolute Gasteiger partial charge is 0.231 e. The van der Waals surface area contributed by atoms with Crippen molar-refractivity contribution in [3.05, 3.63) is 58.1 Å². The van der Waals surface area contributed by atoms with Gasteiger partial charge in [-0.25, -0.2) is 0 Å². The van der Waals surface area contributed by atoms with Gasteiger partial charge in [0.25, 0.3) is 0 Å². The number of amides is 1. The van der Waals surface area contributed by atoms with Gasteiger partial charge in [-0.1, -0.05) is 11.6 Å². The molecule has 5 nitrogen and oxygen atoms in total. The zero-order valence-corrected chi connectivity index (χ0v) is 13.6. The first-order valence-corrected chi connectivity index (χ1v) is 7.68. The van der Waals surface area contributed by atoms with E-state index in [0.717, 1.165) is 11.3 Å². The summed E-state index contributed by atoms with van der Waals surface area (Å²) in [5.41, 5.74) is 2.44. The average molecular weight is 341 g/mol. The van der Waals surface area contributed by atoms with Gasteiger partial charge in [-0.05, 0) is 48.9 Å². The average Bonchev–Trinajstić information content (AvgIpc) is 2.87. The standard InChI is InChI=1S/C18H13ClN2O3/c1-10-13-7-12(3-4-15(13)21-18(10)23)16(22)9-24-17-5-2-11(8-20)6-14(17)19/h2-7,10H,9H2,1H3,(H,21,23)/t10-/m1/s1. The van der Waals surface area contributed by atoms with Crippen molar-refractivity contribution in [2.24, 2.45) is 0 Å². The highest BCUT2D eigenvalue weighted by Gasteiger charge is 2.27. The first kappa shape index (κ1) is 16.0. The summed E-state index contributed by atoms with van der Waals surface area (Å²) in [4.78, 5) is 24.0. The third-order valence-electron chi connectivity index (χ3n) is 3.91. The first-order valence-electron chi connectivity index (χ1n) is 7.30. The predicted molar refractivity (Wildman–Crippen MR) is 89.5 cm³/mol. The van der Waals surface area contributed by atoms with E-state index in [4.69, 9.17) is 21.6 Å². The summed E-state index contributed by atoms with van der Waals surface area (Å²) >= 11 is 6.02. The van der Waals surface area contributed by atoms with Crippen LogP contribution >= 0.6 is 11.6 Å². The molecule has 0 saturated carbocycles. The third kappa shape index (κ3) is 2.97. The number of halogens is 1. The molecule has 0 aromatic heterocycles. The molecular formula is C18H13ClN2O3. The number of Topliss-reactive ketones (excluding diaryl/α,β-unsaturated/α-hetero) is 1. The van der Waals surface area contributed by atoms with Crippen molar-refractivity contribution in [3.63, 3.8) is 0 Å². The van der Waals surface area contributed by atoms with E-state index in [1.807, 2.05) is 6.07 Å². The largest absolute Gasteiger partial charge is 0.484 e. The fourth-order valence-corrected chi connectivity index (χ4v) is 2.74. The third-order valence-corrected chi connectivity index (χ3v) is 4.21. The van der Waals surface area contributed by atoms with Crippen LogP contribution in [0.4, 0.5) is 5.69 Å². The number of ketones is 1. The van der Waals surface area contributed by atoms with Crippen LogP contribution in [0.5, 0.6) is 5.75 Å². The Hall–Kier alpha value is -2.84. The quantitative estimate of drug-likeness (QED) is 0.863. The van der Waals surface area contributed by atoms with Gasteiger partial charge in [-0.2, -0.15) is 5.26 Å². The van der Waals surface area contributed by atoms with Crippen LogP contribution in [0.2, 0.25) is 5.02 Å². The lowest BCUT2D eigenvalue weighted by Crippen LogP contribution is -2.12. The maximum Gasteiger partial charge on any atom is 0.231 e. The zero-order valence-electron chi connectivity index (χ0n) is 12.8. The molecule has 1 aliphatic heterocycles. The number of hydrogen-bond donors (Lipinski definition) is 1. The van der Waals surface area contributed by atoms with Crippen LogP contribution in [0.25, 0.3) is 0 Å². The fraction of sp³-hybridized carbons (Fsp3) is 0.167. The van der Waals surface area contributed by atoms with Gasteiger partial charge < -0.3 is 10.1 Å². The Morgan fingerprint density at radius 1 is 1.33 bits per heavy atom. The highest BCUT2D eigenvalue weighted by molar-refractivity contribution is 6.32. The highest BCUT2D eigenvalue weighted by Crippen LogP contribution is 2.33. The number of carbonyl (C=O) groups excluding carboxylic acids is 2. The Balaban J connectivity index is 1.73. The number of nitrogens with zero attached hydrogens (tertiary/aromatic N) is 1. The van der Waals surface area contributed by atoms with Crippen molar-refractivity contribution >= 4 is 29.0 Å². The van der Waals surface area contributed by atoms with E-state index in [2.05, 4.69) is 5.32 Å². The summed E-state index contributed by atoms with van der Waals surface area (Å²) in [6.07, 6.45) is 0. The van der Waals surface area contributed by atoms with Crippen LogP contribution in [0.1, 0.15) is 34.3 Å². The molecule has 1 atom stereocenters. The van der Waals surface area contributed by atoms with E-state index in [1.165, 1.54) is 6.07 Å². The fourth-order valence-electron chi connectivity index (χ4n) is 2.50. The number of anilines is 1. The molecule has 1 amide bonds. The van der Waals surface area contributed by atoms with Gasteiger partial charge in [0.05, 0.1) is 22.6 Å². The molecule has 0 bridgehead atoms. The van der Waals surface area contributed by atoms with Crippen LogP contribution in [0, 0.1) is 11.3 Å². The van der Waals surface area contributed by atoms with Crippen LogP contribution in [-0.2, 0) is 4.79 Å². The summed E-state index contributed by atoms with van der Waals surface area (Å²) in [6, 6.07) is 11.7. The summed E-state index contributed by atoms with van der Waals surface area (Å²) in [7, 11) is 0. The van der Waals surface area contributed by atoms with Crippen LogP contribution in [-0.4, -0.2) is 18.3 Å². The second kappa shape index (κ2) is 6.34. The molecule has 2 aromatic rings. The Morgan fingerprint density at radius 3 is 2.83 bits per heavy atom. The van der Waals surface area contributed by atoms with Gasteiger partial charge in [-0.3, -0.25) is 9.59 Å². The summed E-state index contributed by atoms with van der Waals surface area (Å²) in [5.74, 6) is -0.225. The van der Waals surface area contributed by atoms with Crippen LogP contribution in [0.15, 0.2) is 36.4 Å². The van der Waals surface area contributed by atoms with Gasteiger partial charge in [0.1, 0.15) is 5.75 Å². The highest BCUT2D eigenvalue weighted by atomic mass is 35.5. The van der Waals surface area contributed by atoms with Gasteiger partial charge >= 0.3 is 0 Å². The van der Waals surface area contributed by atoms with Gasteiger partial charge in [0, 0.05) is 11.3 Å². The minimum Gasteiger partial charge on any atom is -0.484 e. The van der Waals surface area contributed by atoms with Gasteiger partial charge in [-0.15, -0.1) is 0 Å². The van der Waals surface area contributed by atoms with E-state index >= 15 is 0 Å². The molecule has 1 N–H and O–H groups in total. The summed E-state index contributed by atoms with van der Waals surface area (Å²) in [5, 5.41) is 11.8. The Morgan fingerprint density at radius 2 is 2.12 bits per heavy atom. The molecule has 2 aromatic carbocycles. The zero-order chi connectivity index (χ0) is 17.3. The first-order chi connectivity index (χ1) is 11.5. The van der Waals surface area contributed by atoms with Crippen LogP contribution < -0.4 is 10.1 Å². The van der Waals surface area contributed by atoms with Crippen molar-refractivity contribution in [2.45, 2.75) is 12.8 Å². The van der Waals surface area contributed by atoms with Crippen molar-refractivity contribution in [1.82, 2.24) is 0 Å². The Kier molecular flexibility index (Phi) is 4.24. The number of rotatable bonds is 4. The van der Waals surface area contributed by atoms with Crippen molar-refractivity contribution in [3.8, 4) is 11.8 Å². The van der Waals surface area contributed by atoms with Gasteiger partial charge in [0.2, 0.25) is 5.91 Å². The molecule has 1 heterocycles. The van der Waals surface area contributed by atoms with E-state index in [1.54, 1.807) is 37.3 Å². The Labute approximate surface area is 143 Å². The molecule has 0 fully saturated rings. The SMILES string of the molecule is C[C@H]1C(=O)Nc2ccc(C(=O)COc3ccc(C#N)cc3Cl)cc21. The van der Waals surface area contributed by atoms with E-state index in [0.29, 0.717) is 16.9 Å². The van der Waals surface area contributed by atoms with E-state index in [9.17, 15) is 9.59 Å². The number of hydrogen-bond acceptors (Lipinski definition) is 4. The second-order valence-electron chi connectivity index (χ2n) is 5.48. The lowest BCUT2D eigenvalue weighted by molar-refractivity contribution is -0.116. The normalized spacial score (nSPS) is 15.4. The molecule has 0 saturated heterocycles. The monoisotopic (exact) mass is 340 g/mol. The summed E-state index contributed by atoms with van der Waals surface area (Å²) in [6.45, 7) is 1.61.